The van der Waals surface area contributed by atoms with Crippen molar-refractivity contribution in [2.75, 3.05) is 0 Å². The molecule has 0 atom stereocenters. The number of aromatic hydroxyl groups is 1. The van der Waals surface area contributed by atoms with Crippen LogP contribution in [-0.4, -0.2) is 15.2 Å². The molecule has 0 spiro atoms. The van der Waals surface area contributed by atoms with E-state index < -0.39 is 18.8 Å². The summed E-state index contributed by atoms with van der Waals surface area (Å²) in [5, 5.41) is 17.5. The Bertz CT molecular complexity index is 278. The van der Waals surface area contributed by atoms with Crippen molar-refractivity contribution in [1.29, 1.82) is 0 Å². The van der Waals surface area contributed by atoms with E-state index >= 15 is 0 Å². The van der Waals surface area contributed by atoms with Crippen LogP contribution in [0.25, 0.3) is 0 Å². The summed E-state index contributed by atoms with van der Waals surface area (Å²) < 4.78 is 23.9. The molecule has 0 aliphatic rings. The Balaban J connectivity index is 3.02. The first-order valence-corrected chi connectivity index (χ1v) is 3.22. The molecule has 1 heterocycles. The van der Waals surface area contributed by atoms with Gasteiger partial charge in [-0.25, -0.2) is 8.78 Å². The quantitative estimate of drug-likeness (QED) is 0.710. The molecule has 0 radical (unpaired) electrons. The average Bonchev–Trinajstić information content (AvgIpc) is 2.04. The molecular formula is C7H7F2NO2. The molecule has 0 aliphatic heterocycles. The number of alkyl halides is 2. The Morgan fingerprint density at radius 2 is 2.17 bits per heavy atom. The third kappa shape index (κ3) is 1.68. The molecule has 2 N–H and O–H groups in total. The second-order valence-corrected chi connectivity index (χ2v) is 2.19. The van der Waals surface area contributed by atoms with Gasteiger partial charge in [0.2, 0.25) is 0 Å². The summed E-state index contributed by atoms with van der Waals surface area (Å²) in [6, 6.07) is 0.892. The lowest BCUT2D eigenvalue weighted by Crippen LogP contribution is -1.92. The number of nitrogens with zero attached hydrogens (tertiary/aromatic N) is 1. The predicted molar refractivity (Wildman–Crippen MR) is 36.8 cm³/mol. The van der Waals surface area contributed by atoms with Crippen LogP contribution in [-0.2, 0) is 6.61 Å². The van der Waals surface area contributed by atoms with Crippen molar-refractivity contribution >= 4 is 0 Å². The first-order chi connectivity index (χ1) is 5.65. The van der Waals surface area contributed by atoms with Crippen molar-refractivity contribution in [2.45, 2.75) is 13.0 Å². The van der Waals surface area contributed by atoms with Crippen molar-refractivity contribution in [2.24, 2.45) is 0 Å². The summed E-state index contributed by atoms with van der Waals surface area (Å²) in [4.78, 5) is 3.44. The second kappa shape index (κ2) is 3.44. The molecule has 66 valence electrons. The monoisotopic (exact) mass is 175 g/mol. The van der Waals surface area contributed by atoms with Gasteiger partial charge in [0.05, 0.1) is 6.61 Å². The van der Waals surface area contributed by atoms with Gasteiger partial charge in [-0.1, -0.05) is 0 Å². The lowest BCUT2D eigenvalue weighted by atomic mass is 10.2. The minimum Gasteiger partial charge on any atom is -0.506 e. The van der Waals surface area contributed by atoms with Crippen LogP contribution in [0.1, 0.15) is 17.7 Å². The van der Waals surface area contributed by atoms with E-state index in [0.717, 1.165) is 12.3 Å². The minimum absolute atomic E-state index is 0.000556. The zero-order chi connectivity index (χ0) is 9.14. The third-order valence-electron chi connectivity index (χ3n) is 1.37. The lowest BCUT2D eigenvalue weighted by Gasteiger charge is -2.02. The van der Waals surface area contributed by atoms with Crippen LogP contribution < -0.4 is 0 Å². The number of hydrogen-bond acceptors (Lipinski definition) is 3. The number of halogens is 2. The molecule has 0 saturated heterocycles. The number of hydrogen-bond donors (Lipinski definition) is 2. The summed E-state index contributed by atoms with van der Waals surface area (Å²) in [7, 11) is 0. The molecule has 0 saturated carbocycles. The number of aliphatic hydroxyl groups excluding tert-OH is 1. The molecule has 1 aromatic heterocycles. The van der Waals surface area contributed by atoms with Crippen LogP contribution in [0, 0.1) is 0 Å². The van der Waals surface area contributed by atoms with Gasteiger partial charge in [0.15, 0.2) is 0 Å². The van der Waals surface area contributed by atoms with E-state index in [1.54, 1.807) is 0 Å². The van der Waals surface area contributed by atoms with Gasteiger partial charge in [-0.15, -0.1) is 0 Å². The van der Waals surface area contributed by atoms with E-state index in [0.29, 0.717) is 0 Å². The number of aromatic nitrogens is 1. The fourth-order valence-electron chi connectivity index (χ4n) is 0.738. The second-order valence-electron chi connectivity index (χ2n) is 2.19. The van der Waals surface area contributed by atoms with Gasteiger partial charge in [-0.2, -0.15) is 0 Å². The molecule has 1 rings (SSSR count). The molecule has 12 heavy (non-hydrogen) atoms. The standard InChI is InChI=1S/C7H7F2NO2/c8-7(9)4-1-6(12)5(3-11)10-2-4/h1-2,7,11-12H,3H2. The van der Waals surface area contributed by atoms with Crippen LogP contribution in [0.15, 0.2) is 12.3 Å². The highest BCUT2D eigenvalue weighted by Crippen LogP contribution is 2.23. The van der Waals surface area contributed by atoms with Crippen molar-refractivity contribution in [3.05, 3.63) is 23.5 Å². The Morgan fingerprint density at radius 3 is 2.58 bits per heavy atom. The van der Waals surface area contributed by atoms with E-state index in [-0.39, 0.29) is 11.3 Å². The first kappa shape index (κ1) is 8.86. The maximum Gasteiger partial charge on any atom is 0.265 e. The molecule has 0 aliphatic carbocycles. The third-order valence-corrected chi connectivity index (χ3v) is 1.37. The maximum atomic E-state index is 12.0. The van der Waals surface area contributed by atoms with Crippen molar-refractivity contribution in [1.82, 2.24) is 4.98 Å². The molecule has 1 aromatic rings. The molecule has 0 amide bonds. The summed E-state index contributed by atoms with van der Waals surface area (Å²) >= 11 is 0. The fraction of sp³-hybridized carbons (Fsp3) is 0.286. The minimum atomic E-state index is -2.66. The Morgan fingerprint density at radius 1 is 1.50 bits per heavy atom. The summed E-state index contributed by atoms with van der Waals surface area (Å²) in [6.45, 7) is -0.463. The van der Waals surface area contributed by atoms with Gasteiger partial charge in [0.1, 0.15) is 11.4 Å². The lowest BCUT2D eigenvalue weighted by molar-refractivity contribution is 0.150. The van der Waals surface area contributed by atoms with Gasteiger partial charge >= 0.3 is 0 Å². The zero-order valence-electron chi connectivity index (χ0n) is 6.04. The van der Waals surface area contributed by atoms with E-state index in [2.05, 4.69) is 4.98 Å². The van der Waals surface area contributed by atoms with Crippen molar-refractivity contribution in [3.63, 3.8) is 0 Å². The van der Waals surface area contributed by atoms with Gasteiger partial charge in [0, 0.05) is 11.8 Å². The topological polar surface area (TPSA) is 53.4 Å². The van der Waals surface area contributed by atoms with E-state index in [4.69, 9.17) is 10.2 Å². The Kier molecular flexibility index (Phi) is 2.54. The summed E-state index contributed by atoms with van der Waals surface area (Å²) in [6.07, 6.45) is -1.73. The molecule has 5 heteroatoms. The van der Waals surface area contributed by atoms with Crippen LogP contribution in [0.3, 0.4) is 0 Å². The molecule has 0 aromatic carbocycles. The van der Waals surface area contributed by atoms with E-state index in [1.165, 1.54) is 0 Å². The van der Waals surface area contributed by atoms with Crippen molar-refractivity contribution in [3.8, 4) is 5.75 Å². The number of pyridine rings is 1. The van der Waals surface area contributed by atoms with Gasteiger partial charge in [0.25, 0.3) is 6.43 Å². The maximum absolute atomic E-state index is 12.0. The normalized spacial score (nSPS) is 10.7. The highest BCUT2D eigenvalue weighted by Gasteiger charge is 2.10. The van der Waals surface area contributed by atoms with E-state index in [1.807, 2.05) is 0 Å². The zero-order valence-corrected chi connectivity index (χ0v) is 6.04. The smallest absolute Gasteiger partial charge is 0.265 e. The van der Waals surface area contributed by atoms with Crippen LogP contribution in [0.4, 0.5) is 8.78 Å². The number of rotatable bonds is 2. The van der Waals surface area contributed by atoms with E-state index in [9.17, 15) is 8.78 Å². The summed E-state index contributed by atoms with van der Waals surface area (Å²) in [5.74, 6) is -0.407. The van der Waals surface area contributed by atoms with Gasteiger partial charge in [-0.05, 0) is 6.07 Å². The Hall–Kier alpha value is -1.23. The molecule has 0 unspecified atom stereocenters. The molecule has 0 fully saturated rings. The highest BCUT2D eigenvalue weighted by molar-refractivity contribution is 5.30. The fourth-order valence-corrected chi connectivity index (χ4v) is 0.738. The molecule has 0 bridgehead atoms. The largest absolute Gasteiger partial charge is 0.506 e. The van der Waals surface area contributed by atoms with Crippen molar-refractivity contribution < 1.29 is 19.0 Å². The molecular weight excluding hydrogens is 168 g/mol. The highest BCUT2D eigenvalue weighted by atomic mass is 19.3. The predicted octanol–water partition coefficient (Wildman–Crippen LogP) is 1.22. The molecule has 3 nitrogen and oxygen atoms in total. The average molecular weight is 175 g/mol. The first-order valence-electron chi connectivity index (χ1n) is 3.22. The van der Waals surface area contributed by atoms with Crippen LogP contribution in [0.2, 0.25) is 0 Å². The number of aliphatic hydroxyl groups is 1. The SMILES string of the molecule is OCc1ncc(C(F)F)cc1O. The van der Waals surface area contributed by atoms with Gasteiger partial charge < -0.3 is 10.2 Å². The Labute approximate surface area is 67.3 Å². The van der Waals surface area contributed by atoms with Gasteiger partial charge in [-0.3, -0.25) is 4.98 Å². The summed E-state index contributed by atoms with van der Waals surface area (Å²) in [5.41, 5.74) is -0.357. The van der Waals surface area contributed by atoms with Crippen LogP contribution >= 0.6 is 0 Å². The van der Waals surface area contributed by atoms with Crippen LogP contribution in [0.5, 0.6) is 5.75 Å².